The lowest BCUT2D eigenvalue weighted by atomic mass is 9.95. The van der Waals surface area contributed by atoms with Crippen molar-refractivity contribution in [3.05, 3.63) is 107 Å². The molecule has 3 aromatic carbocycles. The van der Waals surface area contributed by atoms with E-state index in [0.29, 0.717) is 25.2 Å². The number of carbonyl (C=O) groups is 1. The smallest absolute Gasteiger partial charge is 0.183 e. The molecule has 37 heavy (non-hydrogen) atoms. The number of ketones is 1. The van der Waals surface area contributed by atoms with Gasteiger partial charge in [-0.15, -0.1) is 0 Å². The summed E-state index contributed by atoms with van der Waals surface area (Å²) < 4.78 is 1.90. The van der Waals surface area contributed by atoms with Crippen LogP contribution in [0.1, 0.15) is 58.7 Å². The van der Waals surface area contributed by atoms with Gasteiger partial charge in [-0.1, -0.05) is 67.6 Å². The SMILES string of the molecule is CCCN(C)Cc1ccccc1-c1ccc(C2CC(=O)c3c(ncn3-c3cccc(CN)c3)CN2)cc1. The summed E-state index contributed by atoms with van der Waals surface area (Å²) in [7, 11) is 2.17. The van der Waals surface area contributed by atoms with Crippen LogP contribution in [0.4, 0.5) is 0 Å². The molecule has 0 saturated heterocycles. The Hall–Kier alpha value is -3.58. The van der Waals surface area contributed by atoms with Crippen molar-refractivity contribution < 1.29 is 4.79 Å². The molecule has 1 unspecified atom stereocenters. The fourth-order valence-electron chi connectivity index (χ4n) is 5.24. The molecule has 0 saturated carbocycles. The summed E-state index contributed by atoms with van der Waals surface area (Å²) >= 11 is 0. The van der Waals surface area contributed by atoms with Crippen molar-refractivity contribution in [3.63, 3.8) is 0 Å². The van der Waals surface area contributed by atoms with Gasteiger partial charge in [0.1, 0.15) is 12.0 Å². The van der Waals surface area contributed by atoms with Gasteiger partial charge in [0.05, 0.1) is 5.69 Å². The second-order valence-corrected chi connectivity index (χ2v) is 9.86. The fourth-order valence-corrected chi connectivity index (χ4v) is 5.24. The molecular weight excluding hydrogens is 458 g/mol. The number of nitrogens with two attached hydrogens (primary N) is 1. The van der Waals surface area contributed by atoms with E-state index in [9.17, 15) is 4.79 Å². The van der Waals surface area contributed by atoms with Gasteiger partial charge >= 0.3 is 0 Å². The van der Waals surface area contributed by atoms with E-state index in [-0.39, 0.29) is 11.8 Å². The van der Waals surface area contributed by atoms with Crippen LogP contribution in [0.3, 0.4) is 0 Å². The third kappa shape index (κ3) is 5.42. The van der Waals surface area contributed by atoms with Crippen LogP contribution in [0.15, 0.2) is 79.1 Å². The topological polar surface area (TPSA) is 76.2 Å². The van der Waals surface area contributed by atoms with Gasteiger partial charge in [0.15, 0.2) is 5.78 Å². The number of fused-ring (bicyclic) bond motifs is 1. The van der Waals surface area contributed by atoms with Crippen LogP contribution < -0.4 is 11.1 Å². The first-order valence-electron chi connectivity index (χ1n) is 13.1. The highest BCUT2D eigenvalue weighted by atomic mass is 16.1. The van der Waals surface area contributed by atoms with E-state index in [1.54, 1.807) is 6.33 Å². The largest absolute Gasteiger partial charge is 0.326 e. The minimum atomic E-state index is -0.0643. The van der Waals surface area contributed by atoms with E-state index in [4.69, 9.17) is 5.73 Å². The Labute approximate surface area is 219 Å². The second-order valence-electron chi connectivity index (χ2n) is 9.86. The van der Waals surface area contributed by atoms with E-state index in [2.05, 4.69) is 77.7 Å². The molecule has 5 rings (SSSR count). The highest BCUT2D eigenvalue weighted by Crippen LogP contribution is 2.30. The van der Waals surface area contributed by atoms with Crippen molar-refractivity contribution in [3.8, 4) is 16.8 Å². The van der Waals surface area contributed by atoms with Gasteiger partial charge in [0, 0.05) is 37.8 Å². The number of hydrogen-bond acceptors (Lipinski definition) is 5. The minimum Gasteiger partial charge on any atom is -0.326 e. The number of rotatable bonds is 8. The summed E-state index contributed by atoms with van der Waals surface area (Å²) in [5.41, 5.74) is 14.1. The number of aromatic nitrogens is 2. The zero-order chi connectivity index (χ0) is 25.8. The lowest BCUT2D eigenvalue weighted by molar-refractivity contribution is 0.0966. The maximum absolute atomic E-state index is 13.5. The Morgan fingerprint density at radius 1 is 1.08 bits per heavy atom. The van der Waals surface area contributed by atoms with Crippen LogP contribution in [0, 0.1) is 0 Å². The van der Waals surface area contributed by atoms with Gasteiger partial charge in [0.2, 0.25) is 0 Å². The summed E-state index contributed by atoms with van der Waals surface area (Å²) in [6, 6.07) is 25.2. The predicted molar refractivity (Wildman–Crippen MR) is 148 cm³/mol. The Bertz CT molecular complexity index is 1370. The van der Waals surface area contributed by atoms with E-state index in [1.807, 2.05) is 28.8 Å². The zero-order valence-electron chi connectivity index (χ0n) is 21.7. The van der Waals surface area contributed by atoms with Crippen LogP contribution in [-0.4, -0.2) is 33.8 Å². The molecule has 6 nitrogen and oxygen atoms in total. The van der Waals surface area contributed by atoms with Crippen molar-refractivity contribution in [2.24, 2.45) is 5.73 Å². The van der Waals surface area contributed by atoms with Gasteiger partial charge in [-0.05, 0) is 60.0 Å². The van der Waals surface area contributed by atoms with Gasteiger partial charge in [-0.2, -0.15) is 0 Å². The Morgan fingerprint density at radius 3 is 2.68 bits per heavy atom. The van der Waals surface area contributed by atoms with Crippen molar-refractivity contribution in [2.75, 3.05) is 13.6 Å². The molecule has 4 aromatic rings. The number of imidazole rings is 1. The van der Waals surface area contributed by atoms with E-state index in [0.717, 1.165) is 42.0 Å². The predicted octanol–water partition coefficient (Wildman–Crippen LogP) is 5.26. The number of hydrogen-bond donors (Lipinski definition) is 2. The highest BCUT2D eigenvalue weighted by Gasteiger charge is 2.27. The third-order valence-corrected chi connectivity index (χ3v) is 7.12. The highest BCUT2D eigenvalue weighted by molar-refractivity contribution is 5.97. The maximum atomic E-state index is 13.5. The van der Waals surface area contributed by atoms with Crippen molar-refractivity contribution in [1.29, 1.82) is 0 Å². The normalized spacial score (nSPS) is 15.6. The molecule has 1 aromatic heterocycles. The number of benzene rings is 3. The maximum Gasteiger partial charge on any atom is 0.183 e. The third-order valence-electron chi connectivity index (χ3n) is 7.12. The quantitative estimate of drug-likeness (QED) is 0.350. The molecule has 0 radical (unpaired) electrons. The van der Waals surface area contributed by atoms with E-state index < -0.39 is 0 Å². The van der Waals surface area contributed by atoms with Crippen LogP contribution in [0.2, 0.25) is 0 Å². The Balaban J connectivity index is 1.36. The van der Waals surface area contributed by atoms with E-state index >= 15 is 0 Å². The molecule has 0 amide bonds. The Kier molecular flexibility index (Phi) is 7.60. The number of carbonyl (C=O) groups excluding carboxylic acids is 1. The first kappa shape index (κ1) is 25.1. The van der Waals surface area contributed by atoms with Crippen LogP contribution in [-0.2, 0) is 19.6 Å². The number of nitrogens with zero attached hydrogens (tertiary/aromatic N) is 3. The van der Waals surface area contributed by atoms with E-state index in [1.165, 1.54) is 16.7 Å². The molecule has 1 aliphatic heterocycles. The molecule has 0 bridgehead atoms. The first-order valence-corrected chi connectivity index (χ1v) is 13.1. The Morgan fingerprint density at radius 2 is 1.89 bits per heavy atom. The number of Topliss-reactive ketones (excluding diaryl/α,β-unsaturated/α-hetero) is 1. The minimum absolute atomic E-state index is 0.0643. The van der Waals surface area contributed by atoms with Gasteiger partial charge < -0.3 is 16.0 Å². The molecule has 1 atom stereocenters. The molecule has 190 valence electrons. The van der Waals surface area contributed by atoms with Gasteiger partial charge in [0.25, 0.3) is 0 Å². The van der Waals surface area contributed by atoms with Gasteiger partial charge in [-0.3, -0.25) is 9.36 Å². The molecule has 0 spiro atoms. The van der Waals surface area contributed by atoms with Crippen molar-refractivity contribution in [1.82, 2.24) is 19.8 Å². The number of nitrogens with one attached hydrogen (secondary N) is 1. The average Bonchev–Trinajstić information content (AvgIpc) is 3.28. The summed E-state index contributed by atoms with van der Waals surface area (Å²) in [6.45, 7) is 5.21. The molecule has 0 fully saturated rings. The molecule has 6 heteroatoms. The standard InChI is InChI=1S/C31H35N5O/c1-3-15-35(2)20-25-8-4-5-10-27(25)23-11-13-24(14-12-23)28-17-30(37)31-29(19-33-28)34-21-36(31)26-9-6-7-22(16-26)18-32/h4-14,16,21,28,33H,3,15,17-20,32H2,1-2H3. The average molecular weight is 494 g/mol. The lowest BCUT2D eigenvalue weighted by Crippen LogP contribution is -2.20. The second kappa shape index (κ2) is 11.2. The summed E-state index contributed by atoms with van der Waals surface area (Å²) in [6.07, 6.45) is 3.26. The molecule has 1 aliphatic rings. The van der Waals surface area contributed by atoms with Crippen LogP contribution >= 0.6 is 0 Å². The monoisotopic (exact) mass is 493 g/mol. The summed E-state index contributed by atoms with van der Waals surface area (Å²) in [4.78, 5) is 20.4. The zero-order valence-corrected chi connectivity index (χ0v) is 21.7. The first-order chi connectivity index (χ1) is 18.1. The van der Waals surface area contributed by atoms with Crippen LogP contribution in [0.5, 0.6) is 0 Å². The van der Waals surface area contributed by atoms with Crippen molar-refractivity contribution >= 4 is 5.78 Å². The molecular formula is C31H35N5O. The molecule has 0 aliphatic carbocycles. The fraction of sp³-hybridized carbons (Fsp3) is 0.290. The van der Waals surface area contributed by atoms with Gasteiger partial charge in [-0.25, -0.2) is 4.98 Å². The summed E-state index contributed by atoms with van der Waals surface area (Å²) in [5.74, 6) is 0.0917. The molecule has 3 N–H and O–H groups in total. The lowest BCUT2D eigenvalue weighted by Gasteiger charge is -2.19. The van der Waals surface area contributed by atoms with Crippen LogP contribution in [0.25, 0.3) is 16.8 Å². The summed E-state index contributed by atoms with van der Waals surface area (Å²) in [5, 5.41) is 3.56. The van der Waals surface area contributed by atoms with Crippen molar-refractivity contribution in [2.45, 2.75) is 45.4 Å². The molecule has 2 heterocycles.